The number of rotatable bonds is 4. The molecule has 0 bridgehead atoms. The summed E-state index contributed by atoms with van der Waals surface area (Å²) < 4.78 is 5.66. The van der Waals surface area contributed by atoms with Gasteiger partial charge in [0.15, 0.2) is 0 Å². The van der Waals surface area contributed by atoms with Crippen LogP contribution in [-0.2, 0) is 0 Å². The summed E-state index contributed by atoms with van der Waals surface area (Å²) in [7, 11) is 0. The molecule has 0 fully saturated rings. The first-order chi connectivity index (χ1) is 12.4. The Morgan fingerprint density at radius 1 is 1.00 bits per heavy atom. The molecule has 1 heterocycles. The number of nitrogens with zero attached hydrogens (tertiary/aromatic N) is 1. The second-order valence-electron chi connectivity index (χ2n) is 5.49. The average Bonchev–Trinajstić information content (AvgIpc) is 3.08. The number of hydrogen-bond acceptors (Lipinski definition) is 3. The number of hydrazone groups is 1. The smallest absolute Gasteiger partial charge is 0.271 e. The Bertz CT molecular complexity index is 996. The maximum atomic E-state index is 12.1. The number of amides is 1. The Balaban J connectivity index is 1.67. The quantitative estimate of drug-likeness (QED) is 0.427. The molecule has 0 radical (unpaired) electrons. The fraction of sp³-hybridized carbons (Fsp3) is 0.0526. The fourth-order valence-electron chi connectivity index (χ4n) is 2.18. The van der Waals surface area contributed by atoms with Crippen LogP contribution in [0.1, 0.15) is 21.7 Å². The molecular formula is C19H13Cl3N2O2. The topological polar surface area (TPSA) is 54.6 Å². The molecule has 1 amide bonds. The van der Waals surface area contributed by atoms with Gasteiger partial charge in [0.1, 0.15) is 11.5 Å². The minimum atomic E-state index is -0.362. The van der Waals surface area contributed by atoms with E-state index >= 15 is 0 Å². The van der Waals surface area contributed by atoms with Gasteiger partial charge in [0.25, 0.3) is 5.91 Å². The molecule has 132 valence electrons. The van der Waals surface area contributed by atoms with Crippen LogP contribution in [0, 0.1) is 6.92 Å². The minimum absolute atomic E-state index is 0.362. The third-order valence-corrected chi connectivity index (χ3v) is 4.77. The van der Waals surface area contributed by atoms with Crippen molar-refractivity contribution < 1.29 is 9.21 Å². The van der Waals surface area contributed by atoms with Gasteiger partial charge >= 0.3 is 0 Å². The molecule has 2 aromatic carbocycles. The highest BCUT2D eigenvalue weighted by molar-refractivity contribution is 6.42. The molecule has 1 aromatic heterocycles. The van der Waals surface area contributed by atoms with Crippen LogP contribution in [-0.4, -0.2) is 12.1 Å². The first-order valence-electron chi connectivity index (χ1n) is 7.59. The van der Waals surface area contributed by atoms with Crippen molar-refractivity contribution in [3.05, 3.63) is 80.5 Å². The van der Waals surface area contributed by atoms with Gasteiger partial charge in [-0.3, -0.25) is 4.79 Å². The second kappa shape index (κ2) is 7.96. The van der Waals surface area contributed by atoms with E-state index in [1.165, 1.54) is 6.21 Å². The summed E-state index contributed by atoms with van der Waals surface area (Å²) in [6.45, 7) is 1.87. The number of furan rings is 1. The van der Waals surface area contributed by atoms with Crippen LogP contribution in [0.2, 0.25) is 15.1 Å². The first kappa shape index (κ1) is 18.5. The van der Waals surface area contributed by atoms with Crippen molar-refractivity contribution in [3.8, 4) is 11.3 Å². The van der Waals surface area contributed by atoms with Gasteiger partial charge in [0, 0.05) is 16.1 Å². The van der Waals surface area contributed by atoms with Crippen molar-refractivity contribution >= 4 is 46.9 Å². The first-order valence-corrected chi connectivity index (χ1v) is 8.72. The lowest BCUT2D eigenvalue weighted by atomic mass is 10.1. The summed E-state index contributed by atoms with van der Waals surface area (Å²) >= 11 is 17.9. The van der Waals surface area contributed by atoms with Crippen LogP contribution in [0.15, 0.2) is 58.0 Å². The van der Waals surface area contributed by atoms with Crippen molar-refractivity contribution in [3.63, 3.8) is 0 Å². The lowest BCUT2D eigenvalue weighted by Gasteiger charge is -2.02. The predicted octanol–water partition coefficient (Wildman–Crippen LogP) is 5.98. The number of hydrogen-bond donors (Lipinski definition) is 1. The number of aryl methyl sites for hydroxylation is 1. The summed E-state index contributed by atoms with van der Waals surface area (Å²) in [5, 5.41) is 5.35. The van der Waals surface area contributed by atoms with E-state index in [9.17, 15) is 4.79 Å². The van der Waals surface area contributed by atoms with Crippen molar-refractivity contribution in [2.45, 2.75) is 6.92 Å². The average molecular weight is 408 g/mol. The van der Waals surface area contributed by atoms with Crippen molar-refractivity contribution in [2.24, 2.45) is 5.10 Å². The van der Waals surface area contributed by atoms with E-state index in [0.717, 1.165) is 11.1 Å². The molecule has 0 saturated heterocycles. The monoisotopic (exact) mass is 406 g/mol. The van der Waals surface area contributed by atoms with Crippen LogP contribution in [0.3, 0.4) is 0 Å². The molecule has 4 nitrogen and oxygen atoms in total. The molecule has 0 aliphatic carbocycles. The summed E-state index contributed by atoms with van der Waals surface area (Å²) in [5.41, 5.74) is 4.55. The van der Waals surface area contributed by atoms with E-state index in [-0.39, 0.29) is 5.91 Å². The Labute approximate surface area is 165 Å². The molecule has 0 saturated carbocycles. The predicted molar refractivity (Wildman–Crippen MR) is 105 cm³/mol. The fourth-order valence-corrected chi connectivity index (χ4v) is 2.66. The molecule has 0 spiro atoms. The van der Waals surface area contributed by atoms with Gasteiger partial charge < -0.3 is 4.42 Å². The van der Waals surface area contributed by atoms with Gasteiger partial charge in [-0.1, -0.05) is 40.9 Å². The Morgan fingerprint density at radius 2 is 1.81 bits per heavy atom. The maximum absolute atomic E-state index is 12.1. The van der Waals surface area contributed by atoms with Gasteiger partial charge in [-0.15, -0.1) is 0 Å². The van der Waals surface area contributed by atoms with Crippen molar-refractivity contribution in [1.29, 1.82) is 0 Å². The van der Waals surface area contributed by atoms with Crippen LogP contribution in [0.4, 0.5) is 0 Å². The SMILES string of the molecule is Cc1ccc(C(=O)N/N=C\c2ccc(-c3ccc(Cl)c(Cl)c3)o2)cc1Cl. The zero-order chi connectivity index (χ0) is 18.7. The summed E-state index contributed by atoms with van der Waals surface area (Å²) in [5.74, 6) is 0.731. The van der Waals surface area contributed by atoms with E-state index < -0.39 is 0 Å². The molecule has 7 heteroatoms. The zero-order valence-electron chi connectivity index (χ0n) is 13.6. The second-order valence-corrected chi connectivity index (χ2v) is 6.72. The van der Waals surface area contributed by atoms with Gasteiger partial charge in [0.05, 0.1) is 16.3 Å². The van der Waals surface area contributed by atoms with Crippen molar-refractivity contribution in [1.82, 2.24) is 5.43 Å². The van der Waals surface area contributed by atoms with Crippen LogP contribution in [0.5, 0.6) is 0 Å². The molecule has 3 aromatic rings. The van der Waals surface area contributed by atoms with Gasteiger partial charge in [-0.2, -0.15) is 5.10 Å². The zero-order valence-corrected chi connectivity index (χ0v) is 15.9. The highest BCUT2D eigenvalue weighted by atomic mass is 35.5. The number of nitrogens with one attached hydrogen (secondary N) is 1. The summed E-state index contributed by atoms with van der Waals surface area (Å²) in [6.07, 6.45) is 1.41. The number of carbonyl (C=O) groups is 1. The highest BCUT2D eigenvalue weighted by Gasteiger charge is 2.08. The normalized spacial score (nSPS) is 11.1. The van der Waals surface area contributed by atoms with E-state index in [1.807, 2.05) is 6.92 Å². The van der Waals surface area contributed by atoms with E-state index in [0.29, 0.717) is 32.2 Å². The number of carbonyl (C=O) groups excluding carboxylic acids is 1. The Hall–Kier alpha value is -2.27. The number of benzene rings is 2. The third-order valence-electron chi connectivity index (χ3n) is 3.62. The third kappa shape index (κ3) is 4.28. The largest absolute Gasteiger partial charge is 0.455 e. The molecule has 0 unspecified atom stereocenters. The molecule has 26 heavy (non-hydrogen) atoms. The number of halogens is 3. The van der Waals surface area contributed by atoms with Crippen LogP contribution < -0.4 is 5.43 Å². The summed E-state index contributed by atoms with van der Waals surface area (Å²) in [6, 6.07) is 13.8. The van der Waals surface area contributed by atoms with E-state index in [1.54, 1.807) is 48.5 Å². The highest BCUT2D eigenvalue weighted by Crippen LogP contribution is 2.29. The van der Waals surface area contributed by atoms with Crippen LogP contribution >= 0.6 is 34.8 Å². The molecule has 0 atom stereocenters. The molecule has 0 aliphatic rings. The molecular weight excluding hydrogens is 395 g/mol. The van der Waals surface area contributed by atoms with Crippen molar-refractivity contribution in [2.75, 3.05) is 0 Å². The lowest BCUT2D eigenvalue weighted by Crippen LogP contribution is -2.17. The Kier molecular flexibility index (Phi) is 5.67. The van der Waals surface area contributed by atoms with E-state index in [4.69, 9.17) is 39.2 Å². The Morgan fingerprint density at radius 3 is 2.54 bits per heavy atom. The maximum Gasteiger partial charge on any atom is 0.271 e. The standard InChI is InChI=1S/C19H13Cl3N2O2/c1-11-2-3-13(9-16(11)21)19(25)24-23-10-14-5-7-18(26-14)12-4-6-15(20)17(22)8-12/h2-10H,1H3,(H,24,25)/b23-10-. The van der Waals surface area contributed by atoms with Gasteiger partial charge in [-0.05, 0) is 55.0 Å². The summed E-state index contributed by atoms with van der Waals surface area (Å²) in [4.78, 5) is 12.1. The molecule has 3 rings (SSSR count). The van der Waals surface area contributed by atoms with Gasteiger partial charge in [0.2, 0.25) is 0 Å². The minimum Gasteiger partial charge on any atom is -0.455 e. The molecule has 0 aliphatic heterocycles. The lowest BCUT2D eigenvalue weighted by molar-refractivity contribution is 0.0955. The molecule has 1 N–H and O–H groups in total. The van der Waals surface area contributed by atoms with Crippen LogP contribution in [0.25, 0.3) is 11.3 Å². The van der Waals surface area contributed by atoms with E-state index in [2.05, 4.69) is 10.5 Å². The van der Waals surface area contributed by atoms with Gasteiger partial charge in [-0.25, -0.2) is 5.43 Å².